The van der Waals surface area contributed by atoms with Gasteiger partial charge in [-0.15, -0.1) is 0 Å². The summed E-state index contributed by atoms with van der Waals surface area (Å²) < 4.78 is 6.94. The molecule has 9 nitrogen and oxygen atoms in total. The Morgan fingerprint density at radius 1 is 1.14 bits per heavy atom. The average Bonchev–Trinajstić information content (AvgIpc) is 3.45. The first-order valence-electron chi connectivity index (χ1n) is 11.0. The molecule has 3 N–H and O–H groups in total. The van der Waals surface area contributed by atoms with Crippen LogP contribution in [0.1, 0.15) is 29.8 Å². The van der Waals surface area contributed by atoms with Gasteiger partial charge < -0.3 is 24.8 Å². The Morgan fingerprint density at radius 3 is 2.66 bits per heavy atom. The number of amides is 2. The molecule has 0 saturated heterocycles. The van der Waals surface area contributed by atoms with E-state index in [1.54, 1.807) is 66.1 Å². The van der Waals surface area contributed by atoms with Gasteiger partial charge in [0.05, 0.1) is 16.6 Å². The van der Waals surface area contributed by atoms with Crippen molar-refractivity contribution < 1.29 is 19.2 Å². The minimum atomic E-state index is -1.30. The minimum absolute atomic E-state index is 0.259. The minimum Gasteiger partial charge on any atom is -0.465 e. The van der Waals surface area contributed by atoms with Crippen LogP contribution in [0.15, 0.2) is 70.0 Å². The summed E-state index contributed by atoms with van der Waals surface area (Å²) in [6.45, 7) is 1.68. The lowest BCUT2D eigenvalue weighted by molar-refractivity contribution is -0.123. The van der Waals surface area contributed by atoms with E-state index >= 15 is 0 Å². The summed E-state index contributed by atoms with van der Waals surface area (Å²) in [5, 5.41) is 19.9. The smallest absolute Gasteiger partial charge is 0.405 e. The number of carboxylic acid groups (broad SMARTS) is 1. The molecule has 178 valence electrons. The average molecular weight is 493 g/mol. The van der Waals surface area contributed by atoms with Crippen LogP contribution in [0.5, 0.6) is 0 Å². The van der Waals surface area contributed by atoms with Crippen LogP contribution in [0.25, 0.3) is 21.8 Å². The second-order valence-electron chi connectivity index (χ2n) is 8.37. The maximum absolute atomic E-state index is 13.5. The van der Waals surface area contributed by atoms with Crippen molar-refractivity contribution in [3.8, 4) is 0 Å². The van der Waals surface area contributed by atoms with Crippen molar-refractivity contribution in [3.05, 3.63) is 87.4 Å². The Labute approximate surface area is 204 Å². The van der Waals surface area contributed by atoms with E-state index in [9.17, 15) is 19.5 Å². The Balaban J connectivity index is 1.46. The Kier molecular flexibility index (Phi) is 5.78. The molecule has 0 fully saturated rings. The lowest BCUT2D eigenvalue weighted by atomic mass is 10.1. The molecule has 0 spiro atoms. The van der Waals surface area contributed by atoms with Gasteiger partial charge in [-0.05, 0) is 31.0 Å². The Hall–Kier alpha value is -4.11. The van der Waals surface area contributed by atoms with Crippen LogP contribution in [-0.2, 0) is 4.79 Å². The number of pyridine rings is 1. The van der Waals surface area contributed by atoms with Gasteiger partial charge in [-0.1, -0.05) is 65.3 Å². The predicted molar refractivity (Wildman–Crippen MR) is 131 cm³/mol. The van der Waals surface area contributed by atoms with E-state index in [4.69, 9.17) is 16.1 Å². The number of fused-ring (bicyclic) bond motifs is 3. The third-order valence-corrected chi connectivity index (χ3v) is 6.48. The maximum Gasteiger partial charge on any atom is 0.405 e. The Bertz CT molecular complexity index is 1540. The topological polar surface area (TPSA) is 126 Å². The molecule has 5 rings (SSSR count). The van der Waals surface area contributed by atoms with Crippen molar-refractivity contribution in [1.29, 1.82) is 0 Å². The summed E-state index contributed by atoms with van der Waals surface area (Å²) in [7, 11) is 0. The molecule has 2 amide bonds. The molecule has 2 aromatic heterocycles. The molecule has 0 aliphatic heterocycles. The largest absolute Gasteiger partial charge is 0.465 e. The maximum atomic E-state index is 13.5. The number of rotatable bonds is 5. The van der Waals surface area contributed by atoms with E-state index in [1.165, 1.54) is 0 Å². The molecule has 4 aromatic rings. The van der Waals surface area contributed by atoms with E-state index < -0.39 is 24.1 Å². The number of hydrogen-bond donors (Lipinski definition) is 3. The fourth-order valence-corrected chi connectivity index (χ4v) is 4.87. The van der Waals surface area contributed by atoms with E-state index in [0.717, 1.165) is 0 Å². The van der Waals surface area contributed by atoms with Gasteiger partial charge in [-0.2, -0.15) is 0 Å². The number of benzene rings is 2. The number of aromatic nitrogens is 2. The molecule has 3 atom stereocenters. The quantitative estimate of drug-likeness (QED) is 0.360. The van der Waals surface area contributed by atoms with Crippen LogP contribution < -0.4 is 16.2 Å². The number of halogens is 1. The van der Waals surface area contributed by atoms with Crippen LogP contribution in [0.3, 0.4) is 0 Å². The van der Waals surface area contributed by atoms with E-state index in [-0.39, 0.29) is 11.6 Å². The van der Waals surface area contributed by atoms with Crippen molar-refractivity contribution in [3.63, 3.8) is 0 Å². The van der Waals surface area contributed by atoms with E-state index in [0.29, 0.717) is 44.6 Å². The van der Waals surface area contributed by atoms with Gasteiger partial charge in [0.15, 0.2) is 0 Å². The van der Waals surface area contributed by atoms with Gasteiger partial charge >= 0.3 is 6.09 Å². The fourth-order valence-electron chi connectivity index (χ4n) is 4.62. The van der Waals surface area contributed by atoms with Gasteiger partial charge in [0, 0.05) is 11.4 Å². The first-order valence-corrected chi connectivity index (χ1v) is 11.3. The summed E-state index contributed by atoms with van der Waals surface area (Å²) in [4.78, 5) is 37.8. The Morgan fingerprint density at radius 2 is 1.91 bits per heavy atom. The third kappa shape index (κ3) is 4.04. The lowest BCUT2D eigenvalue weighted by Crippen LogP contribution is -2.43. The summed E-state index contributed by atoms with van der Waals surface area (Å²) in [5.74, 6) is -0.0858. The monoisotopic (exact) mass is 492 g/mol. The number of nitrogens with one attached hydrogen (secondary N) is 2. The molecular formula is C25H21ClN4O5. The van der Waals surface area contributed by atoms with Crippen LogP contribution in [-0.4, -0.2) is 32.9 Å². The molecule has 10 heteroatoms. The molecule has 2 aromatic carbocycles. The van der Waals surface area contributed by atoms with Crippen LogP contribution in [0.4, 0.5) is 4.79 Å². The summed E-state index contributed by atoms with van der Waals surface area (Å²) in [6, 6.07) is 12.1. The van der Waals surface area contributed by atoms with Crippen LogP contribution >= 0.6 is 11.6 Å². The van der Waals surface area contributed by atoms with Gasteiger partial charge in [0.2, 0.25) is 5.91 Å². The second-order valence-corrected chi connectivity index (χ2v) is 8.77. The van der Waals surface area contributed by atoms with Crippen molar-refractivity contribution in [2.75, 3.05) is 0 Å². The van der Waals surface area contributed by atoms with Gasteiger partial charge in [0.25, 0.3) is 5.56 Å². The van der Waals surface area contributed by atoms with Crippen molar-refractivity contribution >= 4 is 45.4 Å². The first kappa shape index (κ1) is 22.7. The molecule has 2 heterocycles. The molecule has 0 radical (unpaired) electrons. The van der Waals surface area contributed by atoms with Crippen LogP contribution in [0, 0.1) is 6.92 Å². The highest BCUT2D eigenvalue weighted by Crippen LogP contribution is 2.33. The first-order chi connectivity index (χ1) is 16.8. The summed E-state index contributed by atoms with van der Waals surface area (Å²) in [6.07, 6.45) is 2.75. The second kappa shape index (κ2) is 8.92. The molecule has 3 unspecified atom stereocenters. The van der Waals surface area contributed by atoms with Crippen molar-refractivity contribution in [2.45, 2.75) is 31.5 Å². The zero-order chi connectivity index (χ0) is 24.7. The lowest BCUT2D eigenvalue weighted by Gasteiger charge is -2.21. The molecular weight excluding hydrogens is 472 g/mol. The highest BCUT2D eigenvalue weighted by molar-refractivity contribution is 6.37. The van der Waals surface area contributed by atoms with Crippen molar-refractivity contribution in [1.82, 2.24) is 20.4 Å². The number of carbonyl (C=O) groups is 2. The summed E-state index contributed by atoms with van der Waals surface area (Å²) in [5.41, 5.74) is 1.29. The normalized spacial score (nSPS) is 18.1. The van der Waals surface area contributed by atoms with Gasteiger partial charge in [-0.25, -0.2) is 4.79 Å². The molecule has 0 bridgehead atoms. The fraction of sp³-hybridized carbons (Fsp3) is 0.200. The third-order valence-electron chi connectivity index (χ3n) is 6.17. The number of carbonyl (C=O) groups excluding carboxylic acids is 1. The highest BCUT2D eigenvalue weighted by atomic mass is 35.5. The molecule has 1 aliphatic rings. The standard InChI is InChI=1S/C25H21ClN4O5/c1-13-19-22(29-35-13)20-17(26)8-5-9-18(20)30(24(19)32)16-11-10-15(12-16)27-23(31)21(28-25(33)34)14-6-3-2-4-7-14/h2-11,15-16,21,28H,12H2,1H3,(H,27,31)(H,33,34). The van der Waals surface area contributed by atoms with Crippen LogP contribution in [0.2, 0.25) is 5.02 Å². The van der Waals surface area contributed by atoms with Gasteiger partial charge in [0.1, 0.15) is 22.7 Å². The van der Waals surface area contributed by atoms with E-state index in [1.807, 2.05) is 6.08 Å². The number of hydrogen-bond acceptors (Lipinski definition) is 5. The molecule has 35 heavy (non-hydrogen) atoms. The molecule has 1 aliphatic carbocycles. The van der Waals surface area contributed by atoms with Gasteiger partial charge in [-0.3, -0.25) is 9.59 Å². The SMILES string of the molecule is Cc1onc2c1c(=O)n(C1C=CC(NC(=O)C(NC(=O)O)c3ccccc3)C1)c1cccc(Cl)c21. The zero-order valence-electron chi connectivity index (χ0n) is 18.6. The highest BCUT2D eigenvalue weighted by Gasteiger charge is 2.29. The zero-order valence-corrected chi connectivity index (χ0v) is 19.3. The number of nitrogens with zero attached hydrogens (tertiary/aromatic N) is 2. The van der Waals surface area contributed by atoms with E-state index in [2.05, 4.69) is 15.8 Å². The van der Waals surface area contributed by atoms with Crippen molar-refractivity contribution in [2.24, 2.45) is 0 Å². The number of allylic oxidation sites excluding steroid dienone is 1. The summed E-state index contributed by atoms with van der Waals surface area (Å²) >= 11 is 6.48. The molecule has 0 saturated carbocycles. The number of aryl methyl sites for hydroxylation is 1. The predicted octanol–water partition coefficient (Wildman–Crippen LogP) is 4.10.